The summed E-state index contributed by atoms with van der Waals surface area (Å²) < 4.78 is 4.97. The summed E-state index contributed by atoms with van der Waals surface area (Å²) in [4.78, 5) is 19.6. The molecule has 0 aliphatic carbocycles. The highest BCUT2D eigenvalue weighted by Gasteiger charge is 2.26. The predicted molar refractivity (Wildman–Crippen MR) is 78.0 cm³/mol. The van der Waals surface area contributed by atoms with Crippen molar-refractivity contribution in [3.8, 4) is 6.01 Å². The molecule has 2 aromatic heterocycles. The number of hydrogen-bond acceptors (Lipinski definition) is 6. The first-order valence-electron chi connectivity index (χ1n) is 7.11. The average molecular weight is 285 g/mol. The van der Waals surface area contributed by atoms with Crippen molar-refractivity contribution >= 4 is 0 Å². The maximum absolute atomic E-state index is 4.97. The first kappa shape index (κ1) is 13.9. The standard InChI is InChI=1S/C15H19N5O/c1-11-3-5-16-14(19-11)13-4-6-20(10-13)9-12-7-17-15(21-2)18-8-12/h3,5,7-8,13H,4,6,9-10H2,1-2H3/t13-/m0/s1. The summed E-state index contributed by atoms with van der Waals surface area (Å²) in [5.74, 6) is 1.38. The molecule has 0 amide bonds. The van der Waals surface area contributed by atoms with E-state index in [0.29, 0.717) is 11.9 Å². The molecule has 0 aromatic carbocycles. The lowest BCUT2D eigenvalue weighted by Crippen LogP contribution is -2.20. The highest BCUT2D eigenvalue weighted by Crippen LogP contribution is 2.25. The van der Waals surface area contributed by atoms with Crippen molar-refractivity contribution in [3.05, 3.63) is 41.7 Å². The third-order valence-electron chi connectivity index (χ3n) is 3.72. The molecular formula is C15H19N5O. The van der Waals surface area contributed by atoms with Crippen LogP contribution in [-0.2, 0) is 6.54 Å². The normalized spacial score (nSPS) is 18.9. The summed E-state index contributed by atoms with van der Waals surface area (Å²) in [5.41, 5.74) is 2.13. The van der Waals surface area contributed by atoms with Crippen LogP contribution >= 0.6 is 0 Å². The van der Waals surface area contributed by atoms with Gasteiger partial charge in [-0.2, -0.15) is 0 Å². The van der Waals surface area contributed by atoms with Crippen molar-refractivity contribution in [2.75, 3.05) is 20.2 Å². The molecule has 6 heteroatoms. The zero-order valence-corrected chi connectivity index (χ0v) is 12.4. The topological polar surface area (TPSA) is 64.0 Å². The molecule has 3 rings (SSSR count). The Morgan fingerprint density at radius 2 is 2.10 bits per heavy atom. The van der Waals surface area contributed by atoms with E-state index < -0.39 is 0 Å². The Morgan fingerprint density at radius 3 is 2.81 bits per heavy atom. The van der Waals surface area contributed by atoms with Gasteiger partial charge < -0.3 is 4.74 Å². The molecule has 1 aliphatic heterocycles. The summed E-state index contributed by atoms with van der Waals surface area (Å²) in [6.07, 6.45) is 6.59. The molecule has 2 aromatic rings. The highest BCUT2D eigenvalue weighted by atomic mass is 16.5. The van der Waals surface area contributed by atoms with Crippen molar-refractivity contribution in [1.29, 1.82) is 0 Å². The maximum Gasteiger partial charge on any atom is 0.316 e. The Morgan fingerprint density at radius 1 is 1.29 bits per heavy atom. The fourth-order valence-corrected chi connectivity index (χ4v) is 2.64. The van der Waals surface area contributed by atoms with Crippen LogP contribution in [0.1, 0.15) is 29.4 Å². The quantitative estimate of drug-likeness (QED) is 0.849. The van der Waals surface area contributed by atoms with E-state index in [0.717, 1.165) is 43.1 Å². The molecule has 1 saturated heterocycles. The van der Waals surface area contributed by atoms with Gasteiger partial charge in [-0.1, -0.05) is 0 Å². The fourth-order valence-electron chi connectivity index (χ4n) is 2.64. The van der Waals surface area contributed by atoms with Gasteiger partial charge >= 0.3 is 6.01 Å². The van der Waals surface area contributed by atoms with Crippen LogP contribution in [0.25, 0.3) is 0 Å². The molecule has 0 spiro atoms. The van der Waals surface area contributed by atoms with Crippen molar-refractivity contribution in [2.45, 2.75) is 25.8 Å². The summed E-state index contributed by atoms with van der Waals surface area (Å²) in [6, 6.07) is 2.34. The SMILES string of the molecule is COc1ncc(CN2CC[C@H](c3nccc(C)n3)C2)cn1. The number of aryl methyl sites for hydroxylation is 1. The van der Waals surface area contributed by atoms with Crippen molar-refractivity contribution in [1.82, 2.24) is 24.8 Å². The van der Waals surface area contributed by atoms with Crippen LogP contribution in [0.4, 0.5) is 0 Å². The predicted octanol–water partition coefficient (Wildman–Crippen LogP) is 1.57. The molecule has 110 valence electrons. The van der Waals surface area contributed by atoms with Gasteiger partial charge in [-0.05, 0) is 26.0 Å². The molecule has 1 aliphatic rings. The van der Waals surface area contributed by atoms with Crippen molar-refractivity contribution in [2.24, 2.45) is 0 Å². The lowest BCUT2D eigenvalue weighted by atomic mass is 10.1. The van der Waals surface area contributed by atoms with E-state index in [-0.39, 0.29) is 0 Å². The summed E-state index contributed by atoms with van der Waals surface area (Å²) in [5, 5.41) is 0. The van der Waals surface area contributed by atoms with Crippen LogP contribution in [0.5, 0.6) is 6.01 Å². The lowest BCUT2D eigenvalue weighted by Gasteiger charge is -2.15. The number of methoxy groups -OCH3 is 1. The van der Waals surface area contributed by atoms with Crippen LogP contribution < -0.4 is 4.74 Å². The first-order chi connectivity index (χ1) is 10.2. The Kier molecular flexibility index (Phi) is 4.06. The van der Waals surface area contributed by atoms with E-state index in [1.807, 2.05) is 31.6 Å². The van der Waals surface area contributed by atoms with Gasteiger partial charge in [0.05, 0.1) is 7.11 Å². The third kappa shape index (κ3) is 3.33. The second-order valence-electron chi connectivity index (χ2n) is 5.35. The van der Waals surface area contributed by atoms with Crippen LogP contribution in [-0.4, -0.2) is 45.0 Å². The van der Waals surface area contributed by atoms with Crippen LogP contribution in [0.15, 0.2) is 24.7 Å². The molecule has 0 unspecified atom stereocenters. The molecule has 1 fully saturated rings. The Bertz CT molecular complexity index is 601. The van der Waals surface area contributed by atoms with Crippen molar-refractivity contribution in [3.63, 3.8) is 0 Å². The van der Waals surface area contributed by atoms with Gasteiger partial charge in [0.25, 0.3) is 0 Å². The summed E-state index contributed by atoms with van der Waals surface area (Å²) in [7, 11) is 1.57. The van der Waals surface area contributed by atoms with Gasteiger partial charge in [0.15, 0.2) is 0 Å². The Labute approximate surface area is 124 Å². The second kappa shape index (κ2) is 6.13. The number of ether oxygens (including phenoxy) is 1. The number of nitrogens with zero attached hydrogens (tertiary/aromatic N) is 5. The van der Waals surface area contributed by atoms with Gasteiger partial charge in [-0.15, -0.1) is 0 Å². The second-order valence-corrected chi connectivity index (χ2v) is 5.35. The Hall–Kier alpha value is -2.08. The molecule has 1 atom stereocenters. The van der Waals surface area contributed by atoms with E-state index in [1.54, 1.807) is 7.11 Å². The van der Waals surface area contributed by atoms with Gasteiger partial charge in [0, 0.05) is 48.9 Å². The zero-order valence-electron chi connectivity index (χ0n) is 12.4. The maximum atomic E-state index is 4.97. The van der Waals surface area contributed by atoms with E-state index in [2.05, 4.69) is 24.8 Å². The van der Waals surface area contributed by atoms with Gasteiger partial charge in [-0.3, -0.25) is 4.90 Å². The van der Waals surface area contributed by atoms with E-state index in [9.17, 15) is 0 Å². The smallest absolute Gasteiger partial charge is 0.316 e. The molecule has 6 nitrogen and oxygen atoms in total. The largest absolute Gasteiger partial charge is 0.467 e. The van der Waals surface area contributed by atoms with E-state index in [4.69, 9.17) is 4.74 Å². The van der Waals surface area contributed by atoms with E-state index >= 15 is 0 Å². The van der Waals surface area contributed by atoms with Crippen LogP contribution in [0, 0.1) is 6.92 Å². The minimum Gasteiger partial charge on any atom is -0.467 e. The highest BCUT2D eigenvalue weighted by molar-refractivity contribution is 5.10. The molecular weight excluding hydrogens is 266 g/mol. The number of aromatic nitrogens is 4. The average Bonchev–Trinajstić information content (AvgIpc) is 2.97. The third-order valence-corrected chi connectivity index (χ3v) is 3.72. The first-order valence-corrected chi connectivity index (χ1v) is 7.11. The monoisotopic (exact) mass is 285 g/mol. The number of rotatable bonds is 4. The van der Waals surface area contributed by atoms with Gasteiger partial charge in [0.2, 0.25) is 0 Å². The fraction of sp³-hybridized carbons (Fsp3) is 0.467. The van der Waals surface area contributed by atoms with Crippen molar-refractivity contribution < 1.29 is 4.74 Å². The minimum absolute atomic E-state index is 0.409. The van der Waals surface area contributed by atoms with E-state index in [1.165, 1.54) is 0 Å². The number of likely N-dealkylation sites (tertiary alicyclic amines) is 1. The molecule has 0 N–H and O–H groups in total. The molecule has 0 radical (unpaired) electrons. The molecule has 21 heavy (non-hydrogen) atoms. The minimum atomic E-state index is 0.409. The Balaban J connectivity index is 1.61. The molecule has 0 saturated carbocycles. The summed E-state index contributed by atoms with van der Waals surface area (Å²) in [6.45, 7) is 4.89. The van der Waals surface area contributed by atoms with Gasteiger partial charge in [-0.25, -0.2) is 19.9 Å². The number of hydrogen-bond donors (Lipinski definition) is 0. The lowest BCUT2D eigenvalue weighted by molar-refractivity contribution is 0.323. The van der Waals surface area contributed by atoms with Crippen LogP contribution in [0.3, 0.4) is 0 Å². The van der Waals surface area contributed by atoms with Gasteiger partial charge in [0.1, 0.15) is 5.82 Å². The van der Waals surface area contributed by atoms with Crippen LogP contribution in [0.2, 0.25) is 0 Å². The zero-order chi connectivity index (χ0) is 14.7. The molecule has 0 bridgehead atoms. The summed E-state index contributed by atoms with van der Waals surface area (Å²) >= 11 is 0. The molecule has 3 heterocycles.